The van der Waals surface area contributed by atoms with Gasteiger partial charge >= 0.3 is 0 Å². The smallest absolute Gasteiger partial charge is 0.234 e. The maximum absolute atomic E-state index is 11.9. The third-order valence-electron chi connectivity index (χ3n) is 3.09. The topological polar surface area (TPSA) is 75.1 Å². The van der Waals surface area contributed by atoms with Crippen LogP contribution >= 0.6 is 0 Å². The molecular formula is C11H20N6O. The second-order valence-corrected chi connectivity index (χ2v) is 4.62. The molecule has 0 spiro atoms. The Hall–Kier alpha value is -1.47. The summed E-state index contributed by atoms with van der Waals surface area (Å²) in [5, 5.41) is 14.0. The van der Waals surface area contributed by atoms with E-state index in [4.69, 9.17) is 0 Å². The van der Waals surface area contributed by atoms with Crippen LogP contribution in [0.3, 0.4) is 0 Å². The molecule has 0 aliphatic carbocycles. The van der Waals surface area contributed by atoms with Gasteiger partial charge in [-0.1, -0.05) is 0 Å². The van der Waals surface area contributed by atoms with Gasteiger partial charge in [0, 0.05) is 33.2 Å². The molecule has 1 atom stereocenters. The van der Waals surface area contributed by atoms with Gasteiger partial charge in [0.2, 0.25) is 5.91 Å². The van der Waals surface area contributed by atoms with Crippen LogP contribution < -0.4 is 10.6 Å². The summed E-state index contributed by atoms with van der Waals surface area (Å²) >= 11 is 0. The molecule has 0 bridgehead atoms. The summed E-state index contributed by atoms with van der Waals surface area (Å²) in [6, 6.07) is -0.118. The van der Waals surface area contributed by atoms with Crippen molar-refractivity contribution in [2.45, 2.75) is 13.0 Å². The lowest BCUT2D eigenvalue weighted by atomic mass is 10.3. The Kier molecular flexibility index (Phi) is 4.27. The number of amides is 1. The largest absolute Gasteiger partial charge is 0.345 e. The van der Waals surface area contributed by atoms with Gasteiger partial charge in [0.25, 0.3) is 0 Å². The van der Waals surface area contributed by atoms with Crippen LogP contribution in [-0.4, -0.2) is 58.3 Å². The summed E-state index contributed by atoms with van der Waals surface area (Å²) < 4.78 is 1.82. The van der Waals surface area contributed by atoms with E-state index in [0.717, 1.165) is 32.0 Å². The predicted molar refractivity (Wildman–Crippen MR) is 66.9 cm³/mol. The van der Waals surface area contributed by atoms with Crippen molar-refractivity contribution in [2.75, 3.05) is 32.7 Å². The highest BCUT2D eigenvalue weighted by Gasteiger charge is 2.17. The number of aromatic nitrogens is 3. The standard InChI is InChI=1S/C11H20N6O/c1-9(11-15-13-8-16(11)2)14-10(18)7-17-5-3-12-4-6-17/h8-9,12H,3-7H2,1-2H3,(H,14,18). The van der Waals surface area contributed by atoms with Gasteiger partial charge in [0.1, 0.15) is 6.33 Å². The Balaban J connectivity index is 1.81. The van der Waals surface area contributed by atoms with Crippen molar-refractivity contribution < 1.29 is 4.79 Å². The van der Waals surface area contributed by atoms with Crippen LogP contribution in [0.15, 0.2) is 6.33 Å². The van der Waals surface area contributed by atoms with Crippen LogP contribution in [0.25, 0.3) is 0 Å². The third-order valence-corrected chi connectivity index (χ3v) is 3.09. The summed E-state index contributed by atoms with van der Waals surface area (Å²) in [5.74, 6) is 0.802. The van der Waals surface area contributed by atoms with Crippen LogP contribution in [0.2, 0.25) is 0 Å². The zero-order chi connectivity index (χ0) is 13.0. The summed E-state index contributed by atoms with van der Waals surface area (Å²) in [6.07, 6.45) is 1.63. The first-order chi connectivity index (χ1) is 8.66. The molecule has 1 aromatic rings. The van der Waals surface area contributed by atoms with E-state index in [1.54, 1.807) is 6.33 Å². The molecule has 1 amide bonds. The zero-order valence-electron chi connectivity index (χ0n) is 10.9. The Morgan fingerprint density at radius 2 is 2.28 bits per heavy atom. The number of piperazine rings is 1. The highest BCUT2D eigenvalue weighted by Crippen LogP contribution is 2.06. The van der Waals surface area contributed by atoms with Crippen LogP contribution in [0.5, 0.6) is 0 Å². The van der Waals surface area contributed by atoms with E-state index in [0.29, 0.717) is 6.54 Å². The van der Waals surface area contributed by atoms with Gasteiger partial charge < -0.3 is 15.2 Å². The van der Waals surface area contributed by atoms with Crippen molar-refractivity contribution >= 4 is 5.91 Å². The summed E-state index contributed by atoms with van der Waals surface area (Å²) in [7, 11) is 1.87. The molecule has 100 valence electrons. The summed E-state index contributed by atoms with van der Waals surface area (Å²) in [6.45, 7) is 6.11. The van der Waals surface area contributed by atoms with Crippen LogP contribution in [0.4, 0.5) is 0 Å². The molecule has 7 nitrogen and oxygen atoms in total. The predicted octanol–water partition coefficient (Wildman–Crippen LogP) is -1.10. The quantitative estimate of drug-likeness (QED) is 0.711. The number of nitrogens with zero attached hydrogens (tertiary/aromatic N) is 4. The fourth-order valence-electron chi connectivity index (χ4n) is 2.11. The minimum Gasteiger partial charge on any atom is -0.345 e. The number of carbonyl (C=O) groups is 1. The number of rotatable bonds is 4. The minimum absolute atomic E-state index is 0.0346. The lowest BCUT2D eigenvalue weighted by Gasteiger charge is -2.27. The van der Waals surface area contributed by atoms with Crippen LogP contribution in [0, 0.1) is 0 Å². The monoisotopic (exact) mass is 252 g/mol. The lowest BCUT2D eigenvalue weighted by molar-refractivity contribution is -0.123. The van der Waals surface area contributed by atoms with E-state index < -0.39 is 0 Å². The molecule has 1 unspecified atom stereocenters. The molecule has 1 aliphatic heterocycles. The van der Waals surface area contributed by atoms with E-state index >= 15 is 0 Å². The highest BCUT2D eigenvalue weighted by atomic mass is 16.2. The number of nitrogens with one attached hydrogen (secondary N) is 2. The molecule has 1 saturated heterocycles. The van der Waals surface area contributed by atoms with E-state index in [1.165, 1.54) is 0 Å². The van der Waals surface area contributed by atoms with E-state index in [2.05, 4.69) is 25.7 Å². The second kappa shape index (κ2) is 5.92. The number of hydrogen-bond acceptors (Lipinski definition) is 5. The number of hydrogen-bond donors (Lipinski definition) is 2. The van der Waals surface area contributed by atoms with Gasteiger partial charge in [-0.3, -0.25) is 9.69 Å². The maximum Gasteiger partial charge on any atom is 0.234 e. The summed E-state index contributed by atoms with van der Waals surface area (Å²) in [5.41, 5.74) is 0. The van der Waals surface area contributed by atoms with Gasteiger partial charge in [-0.05, 0) is 6.92 Å². The molecule has 1 fully saturated rings. The fraction of sp³-hybridized carbons (Fsp3) is 0.727. The van der Waals surface area contributed by atoms with Crippen molar-refractivity contribution in [2.24, 2.45) is 7.05 Å². The van der Waals surface area contributed by atoms with E-state index in [9.17, 15) is 4.79 Å². The normalized spacial score (nSPS) is 18.6. The molecular weight excluding hydrogens is 232 g/mol. The minimum atomic E-state index is -0.118. The molecule has 2 rings (SSSR count). The van der Waals surface area contributed by atoms with Crippen molar-refractivity contribution in [3.63, 3.8) is 0 Å². The average molecular weight is 252 g/mol. The molecule has 1 aromatic heterocycles. The molecule has 7 heteroatoms. The maximum atomic E-state index is 11.9. The summed E-state index contributed by atoms with van der Waals surface area (Å²) in [4.78, 5) is 14.0. The second-order valence-electron chi connectivity index (χ2n) is 4.62. The Morgan fingerprint density at radius 3 is 2.89 bits per heavy atom. The molecule has 0 aromatic carbocycles. The number of carbonyl (C=O) groups excluding carboxylic acids is 1. The third kappa shape index (κ3) is 3.27. The van der Waals surface area contributed by atoms with Crippen LogP contribution in [-0.2, 0) is 11.8 Å². The first-order valence-corrected chi connectivity index (χ1v) is 6.23. The van der Waals surface area contributed by atoms with Crippen molar-refractivity contribution in [1.29, 1.82) is 0 Å². The van der Waals surface area contributed by atoms with Gasteiger partial charge in [0.15, 0.2) is 5.82 Å². The van der Waals surface area contributed by atoms with E-state index in [-0.39, 0.29) is 11.9 Å². The lowest BCUT2D eigenvalue weighted by Crippen LogP contribution is -2.47. The Morgan fingerprint density at radius 1 is 1.56 bits per heavy atom. The Bertz CT molecular complexity index is 398. The molecule has 2 N–H and O–H groups in total. The van der Waals surface area contributed by atoms with E-state index in [1.807, 2.05) is 18.5 Å². The SMILES string of the molecule is CC(NC(=O)CN1CCNCC1)c1nncn1C. The van der Waals surface area contributed by atoms with Crippen LogP contribution in [0.1, 0.15) is 18.8 Å². The van der Waals surface area contributed by atoms with Gasteiger partial charge in [-0.2, -0.15) is 0 Å². The Labute approximate surface area is 107 Å². The average Bonchev–Trinajstić information content (AvgIpc) is 2.76. The number of aryl methyl sites for hydroxylation is 1. The fourth-order valence-corrected chi connectivity index (χ4v) is 2.11. The van der Waals surface area contributed by atoms with Crippen molar-refractivity contribution in [3.8, 4) is 0 Å². The first-order valence-electron chi connectivity index (χ1n) is 6.23. The molecule has 0 saturated carbocycles. The van der Waals surface area contributed by atoms with Gasteiger partial charge in [0.05, 0.1) is 12.6 Å². The highest BCUT2D eigenvalue weighted by molar-refractivity contribution is 5.78. The molecule has 1 aliphatic rings. The van der Waals surface area contributed by atoms with Crippen molar-refractivity contribution in [3.05, 3.63) is 12.2 Å². The van der Waals surface area contributed by atoms with Gasteiger partial charge in [-0.25, -0.2) is 0 Å². The van der Waals surface area contributed by atoms with Gasteiger partial charge in [-0.15, -0.1) is 10.2 Å². The molecule has 2 heterocycles. The zero-order valence-corrected chi connectivity index (χ0v) is 10.9. The first kappa shape index (κ1) is 13.0. The molecule has 18 heavy (non-hydrogen) atoms. The molecule has 0 radical (unpaired) electrons. The van der Waals surface area contributed by atoms with Crippen molar-refractivity contribution in [1.82, 2.24) is 30.3 Å².